The molecule has 1 amide bonds. The van der Waals surface area contributed by atoms with Crippen LogP contribution in [0.15, 0.2) is 53.7 Å². The lowest BCUT2D eigenvalue weighted by Crippen LogP contribution is -2.42. The highest BCUT2D eigenvalue weighted by atomic mass is 35.5. The van der Waals surface area contributed by atoms with Gasteiger partial charge in [-0.05, 0) is 71.7 Å². The second kappa shape index (κ2) is 11.0. The van der Waals surface area contributed by atoms with Crippen molar-refractivity contribution in [3.63, 3.8) is 0 Å². The molecule has 1 saturated carbocycles. The van der Waals surface area contributed by atoms with Gasteiger partial charge in [0.25, 0.3) is 11.5 Å². The summed E-state index contributed by atoms with van der Waals surface area (Å²) in [7, 11) is -0.995. The van der Waals surface area contributed by atoms with Crippen molar-refractivity contribution in [1.29, 1.82) is 0 Å². The fraction of sp³-hybridized carbons (Fsp3) is 0.333. The van der Waals surface area contributed by atoms with Gasteiger partial charge in [-0.25, -0.2) is 0 Å². The molecular formula is C30H25BCl3F3N2O4. The Morgan fingerprint density at radius 2 is 1.77 bits per heavy atom. The molecule has 1 spiro atoms. The second-order valence-corrected chi connectivity index (χ2v) is 12.4. The smallest absolute Gasteiger partial charge is 0.423 e. The van der Waals surface area contributed by atoms with Gasteiger partial charge in [-0.2, -0.15) is 13.2 Å². The Balaban J connectivity index is 1.17. The molecule has 2 heterocycles. The number of aryl methyl sites for hydroxylation is 1. The fourth-order valence-electron chi connectivity index (χ4n) is 6.24. The molecule has 0 radical (unpaired) electrons. The average Bonchev–Trinajstić information content (AvgIpc) is 3.69. The van der Waals surface area contributed by atoms with Gasteiger partial charge in [-0.1, -0.05) is 77.1 Å². The van der Waals surface area contributed by atoms with Crippen molar-refractivity contribution in [3.8, 4) is 0 Å². The molecule has 6 rings (SSSR count). The molecule has 1 atom stereocenters. The van der Waals surface area contributed by atoms with Crippen LogP contribution in [0.1, 0.15) is 70.3 Å². The van der Waals surface area contributed by atoms with E-state index < -0.39 is 30.9 Å². The van der Waals surface area contributed by atoms with E-state index in [9.17, 15) is 23.0 Å². The van der Waals surface area contributed by atoms with Gasteiger partial charge < -0.3 is 19.8 Å². The maximum Gasteiger partial charge on any atom is 0.492 e. The van der Waals surface area contributed by atoms with E-state index in [-0.39, 0.29) is 38.8 Å². The molecule has 1 fully saturated rings. The van der Waals surface area contributed by atoms with Crippen molar-refractivity contribution in [2.24, 2.45) is 5.16 Å². The van der Waals surface area contributed by atoms with Crippen LogP contribution in [0, 0.1) is 6.92 Å². The third-order valence-corrected chi connectivity index (χ3v) is 9.71. The normalized spacial score (nSPS) is 20.7. The number of carbonyl (C=O) groups excluding carboxylic acids is 1. The van der Waals surface area contributed by atoms with Gasteiger partial charge >= 0.3 is 13.3 Å². The molecule has 0 saturated heterocycles. The van der Waals surface area contributed by atoms with Crippen molar-refractivity contribution >= 4 is 59.0 Å². The quantitative estimate of drug-likeness (QED) is 0.231. The number of benzene rings is 3. The van der Waals surface area contributed by atoms with Gasteiger partial charge in [0.2, 0.25) is 0 Å². The van der Waals surface area contributed by atoms with E-state index >= 15 is 0 Å². The summed E-state index contributed by atoms with van der Waals surface area (Å²) in [5.41, 5.74) is 0.318. The topological polar surface area (TPSA) is 80.2 Å². The number of hydrogen-bond donors (Lipinski definition) is 2. The highest BCUT2D eigenvalue weighted by Crippen LogP contribution is 2.51. The predicted octanol–water partition coefficient (Wildman–Crippen LogP) is 6.95. The third-order valence-electron chi connectivity index (χ3n) is 8.51. The van der Waals surface area contributed by atoms with Gasteiger partial charge in [-0.15, -0.1) is 0 Å². The van der Waals surface area contributed by atoms with E-state index in [0.717, 1.165) is 54.4 Å². The first-order valence-corrected chi connectivity index (χ1v) is 14.8. The van der Waals surface area contributed by atoms with Crippen LogP contribution < -0.4 is 10.8 Å². The largest absolute Gasteiger partial charge is 0.492 e. The summed E-state index contributed by atoms with van der Waals surface area (Å²) in [5.74, 6) is -0.353. The Hall–Kier alpha value is -2.76. The Morgan fingerprint density at radius 3 is 2.42 bits per heavy atom. The first-order chi connectivity index (χ1) is 20.3. The molecule has 2 aliphatic heterocycles. The van der Waals surface area contributed by atoms with Crippen LogP contribution in [0.3, 0.4) is 0 Å². The summed E-state index contributed by atoms with van der Waals surface area (Å²) in [4.78, 5) is 18.1. The Bertz CT molecular complexity index is 1640. The van der Waals surface area contributed by atoms with E-state index in [1.165, 1.54) is 12.1 Å². The molecule has 3 aromatic rings. The number of halogens is 6. The zero-order valence-electron chi connectivity index (χ0n) is 22.8. The summed E-state index contributed by atoms with van der Waals surface area (Å²) in [6.07, 6.45) is -1.63. The minimum absolute atomic E-state index is 0.0496. The minimum Gasteiger partial charge on any atom is -0.423 e. The minimum atomic E-state index is -4.86. The van der Waals surface area contributed by atoms with Gasteiger partial charge in [-0.3, -0.25) is 4.79 Å². The first kappa shape index (κ1) is 30.3. The number of carbonyl (C=O) groups is 1. The molecule has 224 valence electrons. The summed E-state index contributed by atoms with van der Waals surface area (Å²) in [6, 6.07) is 12.5. The molecule has 0 aromatic heterocycles. The van der Waals surface area contributed by atoms with Crippen molar-refractivity contribution in [3.05, 3.63) is 97.0 Å². The van der Waals surface area contributed by atoms with E-state index in [1.807, 2.05) is 18.2 Å². The van der Waals surface area contributed by atoms with Crippen LogP contribution in [0.5, 0.6) is 0 Å². The predicted molar refractivity (Wildman–Crippen MR) is 159 cm³/mol. The zero-order valence-corrected chi connectivity index (χ0v) is 25.1. The van der Waals surface area contributed by atoms with Crippen molar-refractivity contribution in [2.75, 3.05) is 0 Å². The molecule has 0 bridgehead atoms. The number of alkyl halides is 3. The molecule has 6 nitrogen and oxygen atoms in total. The molecule has 2 N–H and O–H groups in total. The Morgan fingerprint density at radius 1 is 1.07 bits per heavy atom. The van der Waals surface area contributed by atoms with E-state index in [1.54, 1.807) is 13.0 Å². The molecular weight excluding hydrogens is 627 g/mol. The third kappa shape index (κ3) is 5.21. The highest BCUT2D eigenvalue weighted by Gasteiger charge is 2.62. The molecule has 1 unspecified atom stereocenters. The molecule has 43 heavy (non-hydrogen) atoms. The Kier molecular flexibility index (Phi) is 7.74. The first-order valence-electron chi connectivity index (χ1n) is 13.7. The number of oxime groups is 1. The van der Waals surface area contributed by atoms with Gasteiger partial charge in [0, 0.05) is 24.1 Å². The number of fused-ring (bicyclic) bond motifs is 2. The van der Waals surface area contributed by atoms with E-state index in [4.69, 9.17) is 44.3 Å². The number of rotatable bonds is 5. The maximum atomic E-state index is 14.4. The van der Waals surface area contributed by atoms with Gasteiger partial charge in [0.1, 0.15) is 0 Å². The molecule has 1 aliphatic carbocycles. The fourth-order valence-corrected chi connectivity index (χ4v) is 6.83. The monoisotopic (exact) mass is 650 g/mol. The highest BCUT2D eigenvalue weighted by molar-refractivity contribution is 6.62. The van der Waals surface area contributed by atoms with Gasteiger partial charge in [0.05, 0.1) is 26.4 Å². The lowest BCUT2D eigenvalue weighted by Gasteiger charge is -2.30. The van der Waals surface area contributed by atoms with Crippen LogP contribution in [-0.2, 0) is 27.2 Å². The summed E-state index contributed by atoms with van der Waals surface area (Å²) >= 11 is 18.0. The van der Waals surface area contributed by atoms with Crippen LogP contribution >= 0.6 is 34.8 Å². The van der Waals surface area contributed by atoms with Crippen LogP contribution in [0.25, 0.3) is 0 Å². The number of nitrogens with one attached hydrogen (secondary N) is 1. The lowest BCUT2D eigenvalue weighted by molar-refractivity contribution is -0.275. The van der Waals surface area contributed by atoms with Gasteiger partial charge in [0.15, 0.2) is 0 Å². The van der Waals surface area contributed by atoms with Crippen LogP contribution in [0.2, 0.25) is 15.1 Å². The van der Waals surface area contributed by atoms with Crippen molar-refractivity contribution in [1.82, 2.24) is 5.32 Å². The SMILES string of the molecule is Cc1cc(C2=NOC(c3cc(Cl)c(Cl)c(Cl)c3)(C(F)(F)F)C2)ccc1C(=O)NCc1ccc2c(c1)B(O)OC21CCCC1. The van der Waals surface area contributed by atoms with E-state index in [2.05, 4.69) is 10.5 Å². The number of hydrogen-bond acceptors (Lipinski definition) is 5. The summed E-state index contributed by atoms with van der Waals surface area (Å²) in [5, 5.41) is 16.8. The zero-order chi connectivity index (χ0) is 30.7. The van der Waals surface area contributed by atoms with Crippen LogP contribution in [0.4, 0.5) is 13.2 Å². The molecule has 13 heteroatoms. The summed E-state index contributed by atoms with van der Waals surface area (Å²) < 4.78 is 49.2. The molecule has 3 aliphatic rings. The number of nitrogens with zero attached hydrogens (tertiary/aromatic N) is 1. The standard InChI is InChI=1S/C30H25BCl3F3N2O4/c1-16-10-18(25-14-29(43-39-25,30(35,36)37)19-12-23(32)26(34)24(33)13-19)5-6-20(16)27(40)38-15-17-4-7-21-22(11-17)31(41)42-28(21)8-2-3-9-28/h4-7,10-13,41H,2-3,8-9,14-15H2,1H3,(H,38,40). The second-order valence-electron chi connectivity index (χ2n) is 11.2. The van der Waals surface area contributed by atoms with E-state index in [0.29, 0.717) is 16.7 Å². The molecule has 3 aromatic carbocycles. The van der Waals surface area contributed by atoms with Crippen molar-refractivity contribution < 1.29 is 32.5 Å². The Labute approximate surface area is 261 Å². The lowest BCUT2D eigenvalue weighted by atomic mass is 9.77. The number of amides is 1. The van der Waals surface area contributed by atoms with Crippen LogP contribution in [-0.4, -0.2) is 29.9 Å². The summed E-state index contributed by atoms with van der Waals surface area (Å²) in [6.45, 7) is 1.91. The average molecular weight is 652 g/mol. The van der Waals surface area contributed by atoms with Crippen molar-refractivity contribution in [2.45, 2.75) is 63.0 Å². The maximum absolute atomic E-state index is 14.4.